The predicted octanol–water partition coefficient (Wildman–Crippen LogP) is 1.70. The summed E-state index contributed by atoms with van der Waals surface area (Å²) in [6.07, 6.45) is 0. The lowest BCUT2D eigenvalue weighted by Gasteiger charge is -2.27. The third kappa shape index (κ3) is 6.24. The van der Waals surface area contributed by atoms with E-state index in [0.29, 0.717) is 45.9 Å². The Hall–Kier alpha value is -1.04. The number of hydrogen-bond acceptors (Lipinski definition) is 6. The number of morpholine rings is 1. The lowest BCUT2D eigenvalue weighted by Crippen LogP contribution is -2.41. The highest BCUT2D eigenvalue weighted by atomic mass is 32.2. The largest absolute Gasteiger partial charge is 0.379 e. The highest BCUT2D eigenvalue weighted by Crippen LogP contribution is 2.22. The third-order valence-electron chi connectivity index (χ3n) is 5.20. The maximum atomic E-state index is 13.3. The van der Waals surface area contributed by atoms with E-state index in [1.54, 1.807) is 0 Å². The SMILES string of the molecule is CCN(CC)CCN(CC(C)C)S(=O)(=O)c1ccc(S(=O)(=O)N2CCOCC2)cc1. The molecule has 1 saturated heterocycles. The lowest BCUT2D eigenvalue weighted by atomic mass is 10.2. The number of hydrogen-bond donors (Lipinski definition) is 0. The molecule has 1 aromatic rings. The maximum Gasteiger partial charge on any atom is 0.243 e. The number of benzene rings is 1. The van der Waals surface area contributed by atoms with Crippen LogP contribution >= 0.6 is 0 Å². The second-order valence-corrected chi connectivity index (χ2v) is 11.6. The smallest absolute Gasteiger partial charge is 0.243 e. The van der Waals surface area contributed by atoms with Gasteiger partial charge in [0, 0.05) is 32.7 Å². The van der Waals surface area contributed by atoms with Crippen molar-refractivity contribution in [3.63, 3.8) is 0 Å². The van der Waals surface area contributed by atoms with Gasteiger partial charge in [0.2, 0.25) is 20.0 Å². The molecule has 30 heavy (non-hydrogen) atoms. The highest BCUT2D eigenvalue weighted by Gasteiger charge is 2.29. The Balaban J connectivity index is 2.23. The van der Waals surface area contributed by atoms with E-state index in [-0.39, 0.29) is 15.7 Å². The average molecular weight is 462 g/mol. The molecule has 1 fully saturated rings. The van der Waals surface area contributed by atoms with Gasteiger partial charge in [0.05, 0.1) is 23.0 Å². The molecule has 0 atom stereocenters. The fraction of sp³-hybridized carbons (Fsp3) is 0.700. The fourth-order valence-corrected chi connectivity index (χ4v) is 6.38. The van der Waals surface area contributed by atoms with Crippen molar-refractivity contribution in [1.29, 1.82) is 0 Å². The van der Waals surface area contributed by atoms with Crippen LogP contribution in [0.15, 0.2) is 34.1 Å². The first-order valence-electron chi connectivity index (χ1n) is 10.5. The van der Waals surface area contributed by atoms with Gasteiger partial charge >= 0.3 is 0 Å². The van der Waals surface area contributed by atoms with Gasteiger partial charge in [-0.15, -0.1) is 0 Å². The third-order valence-corrected chi connectivity index (χ3v) is 8.99. The minimum atomic E-state index is -3.72. The van der Waals surface area contributed by atoms with Crippen LogP contribution in [0.2, 0.25) is 0 Å². The minimum absolute atomic E-state index is 0.0990. The zero-order valence-corrected chi connectivity index (χ0v) is 20.1. The van der Waals surface area contributed by atoms with Gasteiger partial charge in [-0.25, -0.2) is 16.8 Å². The molecular formula is C20H35N3O5S2. The Morgan fingerprint density at radius 2 is 1.47 bits per heavy atom. The fourth-order valence-electron chi connectivity index (χ4n) is 3.38. The molecular weight excluding hydrogens is 426 g/mol. The first kappa shape index (κ1) is 25.2. The van der Waals surface area contributed by atoms with Crippen molar-refractivity contribution < 1.29 is 21.6 Å². The second-order valence-electron chi connectivity index (χ2n) is 7.77. The first-order valence-corrected chi connectivity index (χ1v) is 13.4. The zero-order chi connectivity index (χ0) is 22.4. The molecule has 172 valence electrons. The molecule has 0 unspecified atom stereocenters. The zero-order valence-electron chi connectivity index (χ0n) is 18.5. The molecule has 1 heterocycles. The van der Waals surface area contributed by atoms with Crippen LogP contribution in [0.1, 0.15) is 27.7 Å². The van der Waals surface area contributed by atoms with E-state index in [1.807, 2.05) is 13.8 Å². The van der Waals surface area contributed by atoms with E-state index in [0.717, 1.165) is 13.1 Å². The molecule has 0 spiro atoms. The quantitative estimate of drug-likeness (QED) is 0.498. The summed E-state index contributed by atoms with van der Waals surface area (Å²) in [5, 5.41) is 0. The van der Waals surface area contributed by atoms with Crippen LogP contribution in [-0.4, -0.2) is 89.4 Å². The molecule has 0 bridgehead atoms. The Bertz CT molecular complexity index is 860. The van der Waals surface area contributed by atoms with E-state index in [1.165, 1.54) is 32.9 Å². The van der Waals surface area contributed by atoms with Crippen LogP contribution in [0.5, 0.6) is 0 Å². The predicted molar refractivity (Wildman–Crippen MR) is 117 cm³/mol. The van der Waals surface area contributed by atoms with Crippen LogP contribution in [0, 0.1) is 5.92 Å². The second kappa shape index (κ2) is 11.0. The molecule has 0 N–H and O–H groups in total. The van der Waals surface area contributed by atoms with Crippen LogP contribution in [-0.2, 0) is 24.8 Å². The molecule has 0 amide bonds. The van der Waals surface area contributed by atoms with Crippen molar-refractivity contribution in [2.75, 3.05) is 59.0 Å². The normalized spacial score (nSPS) is 16.6. The maximum absolute atomic E-state index is 13.3. The summed E-state index contributed by atoms with van der Waals surface area (Å²) < 4.78 is 60.1. The van der Waals surface area contributed by atoms with Crippen molar-refractivity contribution in [1.82, 2.24) is 13.5 Å². The Morgan fingerprint density at radius 3 is 1.97 bits per heavy atom. The summed E-state index contributed by atoms with van der Waals surface area (Å²) in [4.78, 5) is 2.39. The molecule has 1 aromatic carbocycles. The number of sulfonamides is 2. The van der Waals surface area contributed by atoms with Crippen LogP contribution in [0.25, 0.3) is 0 Å². The van der Waals surface area contributed by atoms with Gasteiger partial charge in [0.25, 0.3) is 0 Å². The number of rotatable bonds is 11. The van der Waals surface area contributed by atoms with E-state index in [9.17, 15) is 16.8 Å². The van der Waals surface area contributed by atoms with Crippen molar-refractivity contribution in [3.05, 3.63) is 24.3 Å². The van der Waals surface area contributed by atoms with Gasteiger partial charge in [0.15, 0.2) is 0 Å². The Morgan fingerprint density at radius 1 is 0.933 bits per heavy atom. The van der Waals surface area contributed by atoms with Gasteiger partial charge in [-0.1, -0.05) is 27.7 Å². The molecule has 0 aromatic heterocycles. The number of ether oxygens (including phenoxy) is 1. The molecule has 0 saturated carbocycles. The minimum Gasteiger partial charge on any atom is -0.379 e. The van der Waals surface area contributed by atoms with Crippen molar-refractivity contribution in [3.8, 4) is 0 Å². The first-order chi connectivity index (χ1) is 14.1. The van der Waals surface area contributed by atoms with Crippen molar-refractivity contribution in [2.24, 2.45) is 5.92 Å². The standard InChI is InChI=1S/C20H35N3O5S2/c1-5-21(6-2)11-12-23(17-18(3)4)30(26,27)20-9-7-19(8-10-20)29(24,25)22-13-15-28-16-14-22/h7-10,18H,5-6,11-17H2,1-4H3. The van der Waals surface area contributed by atoms with Gasteiger partial charge in [-0.2, -0.15) is 8.61 Å². The molecule has 1 aliphatic heterocycles. The number of nitrogens with zero attached hydrogens (tertiary/aromatic N) is 3. The van der Waals surface area contributed by atoms with E-state index in [2.05, 4.69) is 18.7 Å². The summed E-state index contributed by atoms with van der Waals surface area (Å²) in [5.41, 5.74) is 0. The molecule has 0 radical (unpaired) electrons. The summed E-state index contributed by atoms with van der Waals surface area (Å²) in [5.74, 6) is 0.178. The van der Waals surface area contributed by atoms with E-state index >= 15 is 0 Å². The van der Waals surface area contributed by atoms with Gasteiger partial charge in [-0.05, 0) is 43.3 Å². The summed E-state index contributed by atoms with van der Waals surface area (Å²) in [6.45, 7) is 12.6. The summed E-state index contributed by atoms with van der Waals surface area (Å²) >= 11 is 0. The van der Waals surface area contributed by atoms with E-state index in [4.69, 9.17) is 4.74 Å². The summed E-state index contributed by atoms with van der Waals surface area (Å²) in [6, 6.07) is 5.56. The Labute approximate surface area is 181 Å². The molecule has 2 rings (SSSR count). The molecule has 8 nitrogen and oxygen atoms in total. The molecule has 0 aliphatic carbocycles. The van der Waals surface area contributed by atoms with Gasteiger partial charge in [0.1, 0.15) is 0 Å². The molecule has 1 aliphatic rings. The number of likely N-dealkylation sites (N-methyl/N-ethyl adjacent to an activating group) is 1. The topological polar surface area (TPSA) is 87.2 Å². The van der Waals surface area contributed by atoms with Gasteiger partial charge in [-0.3, -0.25) is 0 Å². The monoisotopic (exact) mass is 461 g/mol. The van der Waals surface area contributed by atoms with Crippen LogP contribution in [0.3, 0.4) is 0 Å². The lowest BCUT2D eigenvalue weighted by molar-refractivity contribution is 0.0730. The van der Waals surface area contributed by atoms with Gasteiger partial charge < -0.3 is 9.64 Å². The highest BCUT2D eigenvalue weighted by molar-refractivity contribution is 7.89. The van der Waals surface area contributed by atoms with Crippen molar-refractivity contribution in [2.45, 2.75) is 37.5 Å². The summed E-state index contributed by atoms with van der Waals surface area (Å²) in [7, 11) is -7.37. The average Bonchev–Trinajstić information content (AvgIpc) is 2.74. The van der Waals surface area contributed by atoms with Crippen LogP contribution < -0.4 is 0 Å². The molecule has 10 heteroatoms. The Kier molecular flexibility index (Phi) is 9.26. The van der Waals surface area contributed by atoms with Crippen molar-refractivity contribution >= 4 is 20.0 Å². The van der Waals surface area contributed by atoms with Crippen LogP contribution in [0.4, 0.5) is 0 Å². The van der Waals surface area contributed by atoms with E-state index < -0.39 is 20.0 Å².